The lowest BCUT2D eigenvalue weighted by Crippen LogP contribution is -1.95. The number of hydrogen-bond donors (Lipinski definition) is 1. The van der Waals surface area contributed by atoms with E-state index in [1.807, 2.05) is 24.3 Å². The van der Waals surface area contributed by atoms with E-state index in [0.717, 1.165) is 9.37 Å². The summed E-state index contributed by atoms with van der Waals surface area (Å²) in [6.07, 6.45) is 1.37. The van der Waals surface area contributed by atoms with Crippen molar-refractivity contribution >= 4 is 33.8 Å². The summed E-state index contributed by atoms with van der Waals surface area (Å²) in [4.78, 5) is 11.5. The number of aromatic carboxylic acids is 1. The molecule has 0 bridgehead atoms. The van der Waals surface area contributed by atoms with Gasteiger partial charge >= 0.3 is 5.97 Å². The smallest absolute Gasteiger partial charge is 0.358 e. The van der Waals surface area contributed by atoms with Crippen molar-refractivity contribution in [3.05, 3.63) is 40.6 Å². The van der Waals surface area contributed by atoms with E-state index in [0.29, 0.717) is 0 Å². The SMILES string of the molecule is O=C(O)c1cn(Sc2ccc(Br)cc2)nn1. The van der Waals surface area contributed by atoms with E-state index in [1.54, 1.807) is 0 Å². The Kier molecular flexibility index (Phi) is 3.25. The first-order chi connectivity index (χ1) is 7.65. The number of carboxylic acids is 1. The summed E-state index contributed by atoms with van der Waals surface area (Å²) < 4.78 is 2.40. The Hall–Kier alpha value is -1.34. The molecule has 1 aromatic carbocycles. The molecule has 5 nitrogen and oxygen atoms in total. The maximum Gasteiger partial charge on any atom is 0.358 e. The largest absolute Gasteiger partial charge is 0.476 e. The standard InChI is InChI=1S/C9H6BrN3O2S/c10-6-1-3-7(4-2-6)16-13-5-8(9(14)15)11-12-13/h1-5H,(H,14,15). The summed E-state index contributed by atoms with van der Waals surface area (Å²) in [7, 11) is 0. The van der Waals surface area contributed by atoms with Crippen LogP contribution in [0.15, 0.2) is 39.8 Å². The maximum atomic E-state index is 10.6. The molecule has 16 heavy (non-hydrogen) atoms. The predicted molar refractivity (Wildman–Crippen MR) is 62.4 cm³/mol. The van der Waals surface area contributed by atoms with Crippen LogP contribution in [0.5, 0.6) is 0 Å². The van der Waals surface area contributed by atoms with Gasteiger partial charge in [-0.15, -0.1) is 5.10 Å². The summed E-state index contributed by atoms with van der Waals surface area (Å²) >= 11 is 4.63. The Morgan fingerprint density at radius 1 is 1.38 bits per heavy atom. The molecule has 0 aliphatic carbocycles. The van der Waals surface area contributed by atoms with E-state index in [-0.39, 0.29) is 5.69 Å². The predicted octanol–water partition coefficient (Wildman–Crippen LogP) is 2.29. The zero-order chi connectivity index (χ0) is 11.5. The number of hydrogen-bond acceptors (Lipinski definition) is 4. The lowest BCUT2D eigenvalue weighted by atomic mass is 10.4. The van der Waals surface area contributed by atoms with Crippen LogP contribution >= 0.6 is 27.9 Å². The van der Waals surface area contributed by atoms with Crippen molar-refractivity contribution in [1.29, 1.82) is 0 Å². The molecular formula is C9H6BrN3O2S. The highest BCUT2D eigenvalue weighted by Gasteiger charge is 2.08. The van der Waals surface area contributed by atoms with E-state index in [9.17, 15) is 4.79 Å². The van der Waals surface area contributed by atoms with Crippen molar-refractivity contribution in [3.8, 4) is 0 Å². The second-order valence-corrected chi connectivity index (χ2v) is 4.80. The maximum absolute atomic E-state index is 10.6. The average molecular weight is 300 g/mol. The molecule has 2 rings (SSSR count). The van der Waals surface area contributed by atoms with Gasteiger partial charge in [0.2, 0.25) is 0 Å². The van der Waals surface area contributed by atoms with Gasteiger partial charge in [-0.2, -0.15) is 4.09 Å². The Morgan fingerprint density at radius 3 is 2.62 bits per heavy atom. The van der Waals surface area contributed by atoms with Crippen molar-refractivity contribution < 1.29 is 9.90 Å². The van der Waals surface area contributed by atoms with Crippen LogP contribution < -0.4 is 0 Å². The number of nitrogens with zero attached hydrogens (tertiary/aromatic N) is 3. The lowest BCUT2D eigenvalue weighted by Gasteiger charge is -1.98. The number of benzene rings is 1. The fourth-order valence-corrected chi connectivity index (χ4v) is 1.96. The summed E-state index contributed by atoms with van der Waals surface area (Å²) in [5.74, 6) is -1.08. The molecule has 0 saturated heterocycles. The molecule has 0 radical (unpaired) electrons. The highest BCUT2D eigenvalue weighted by Crippen LogP contribution is 2.21. The molecule has 0 fully saturated rings. The molecule has 0 amide bonds. The topological polar surface area (TPSA) is 68.0 Å². The quantitative estimate of drug-likeness (QED) is 0.942. The first kappa shape index (κ1) is 11.2. The fraction of sp³-hybridized carbons (Fsp3) is 0. The van der Waals surface area contributed by atoms with Crippen LogP contribution in [0, 0.1) is 0 Å². The normalized spacial score (nSPS) is 10.3. The highest BCUT2D eigenvalue weighted by molar-refractivity contribution is 9.10. The third-order valence-corrected chi connectivity index (χ3v) is 3.08. The monoisotopic (exact) mass is 299 g/mol. The van der Waals surface area contributed by atoms with Crippen LogP contribution in [-0.4, -0.2) is 25.5 Å². The van der Waals surface area contributed by atoms with Gasteiger partial charge < -0.3 is 5.11 Å². The number of carbonyl (C=O) groups is 1. The minimum atomic E-state index is -1.08. The molecule has 1 heterocycles. The first-order valence-electron chi connectivity index (χ1n) is 4.25. The summed E-state index contributed by atoms with van der Waals surface area (Å²) in [6, 6.07) is 7.60. The third-order valence-electron chi connectivity index (χ3n) is 1.71. The van der Waals surface area contributed by atoms with Gasteiger partial charge in [-0.1, -0.05) is 21.1 Å². The van der Waals surface area contributed by atoms with Crippen LogP contribution in [0.1, 0.15) is 10.5 Å². The van der Waals surface area contributed by atoms with Gasteiger partial charge in [-0.05, 0) is 24.3 Å². The fourth-order valence-electron chi connectivity index (χ4n) is 0.995. The Bertz CT molecular complexity index is 512. The van der Waals surface area contributed by atoms with Gasteiger partial charge in [0.1, 0.15) is 0 Å². The molecule has 0 aliphatic rings. The van der Waals surface area contributed by atoms with Crippen molar-refractivity contribution in [2.75, 3.05) is 0 Å². The van der Waals surface area contributed by atoms with Crippen LogP contribution in [0.25, 0.3) is 0 Å². The summed E-state index contributed by atoms with van der Waals surface area (Å²) in [6.45, 7) is 0. The second-order valence-electron chi connectivity index (χ2n) is 2.86. The lowest BCUT2D eigenvalue weighted by molar-refractivity contribution is 0.0690. The van der Waals surface area contributed by atoms with Gasteiger partial charge in [-0.3, -0.25) is 0 Å². The Balaban J connectivity index is 2.14. The first-order valence-corrected chi connectivity index (χ1v) is 5.81. The molecule has 0 saturated carbocycles. The van der Waals surface area contributed by atoms with E-state index >= 15 is 0 Å². The van der Waals surface area contributed by atoms with Crippen LogP contribution in [0.3, 0.4) is 0 Å². The minimum Gasteiger partial charge on any atom is -0.476 e. The molecule has 0 atom stereocenters. The van der Waals surface area contributed by atoms with Crippen LogP contribution in [0.4, 0.5) is 0 Å². The van der Waals surface area contributed by atoms with Crippen LogP contribution in [0.2, 0.25) is 0 Å². The Labute approximate surface area is 104 Å². The molecule has 0 spiro atoms. The highest BCUT2D eigenvalue weighted by atomic mass is 79.9. The van der Waals surface area contributed by atoms with E-state index < -0.39 is 5.97 Å². The van der Waals surface area contributed by atoms with Gasteiger partial charge in [-0.25, -0.2) is 4.79 Å². The molecular weight excluding hydrogens is 294 g/mol. The second kappa shape index (κ2) is 4.67. The van der Waals surface area contributed by atoms with Crippen molar-refractivity contribution in [2.24, 2.45) is 0 Å². The average Bonchev–Trinajstić information content (AvgIpc) is 2.70. The zero-order valence-electron chi connectivity index (χ0n) is 7.87. The summed E-state index contributed by atoms with van der Waals surface area (Å²) in [5.41, 5.74) is -0.0652. The molecule has 1 aromatic heterocycles. The molecule has 2 aromatic rings. The van der Waals surface area contributed by atoms with Gasteiger partial charge in [0.15, 0.2) is 5.69 Å². The molecule has 7 heteroatoms. The van der Waals surface area contributed by atoms with E-state index in [2.05, 4.69) is 26.2 Å². The third kappa shape index (κ3) is 2.61. The minimum absolute atomic E-state index is 0.0652. The molecule has 0 unspecified atom stereocenters. The van der Waals surface area contributed by atoms with Crippen molar-refractivity contribution in [2.45, 2.75) is 4.90 Å². The molecule has 1 N–H and O–H groups in total. The van der Waals surface area contributed by atoms with Gasteiger partial charge in [0.05, 0.1) is 6.20 Å². The van der Waals surface area contributed by atoms with E-state index in [1.165, 1.54) is 22.2 Å². The van der Waals surface area contributed by atoms with Crippen molar-refractivity contribution in [3.63, 3.8) is 0 Å². The number of rotatable bonds is 3. The van der Waals surface area contributed by atoms with E-state index in [4.69, 9.17) is 5.11 Å². The zero-order valence-corrected chi connectivity index (χ0v) is 10.3. The Morgan fingerprint density at radius 2 is 2.06 bits per heavy atom. The van der Waals surface area contributed by atoms with Crippen LogP contribution in [-0.2, 0) is 0 Å². The number of aromatic nitrogens is 3. The number of carboxylic acid groups (broad SMARTS) is 1. The summed E-state index contributed by atoms with van der Waals surface area (Å²) in [5, 5.41) is 15.9. The number of halogens is 1. The van der Waals surface area contributed by atoms with Crippen molar-refractivity contribution in [1.82, 2.24) is 14.4 Å². The van der Waals surface area contributed by atoms with Gasteiger partial charge in [0.25, 0.3) is 0 Å². The van der Waals surface area contributed by atoms with Gasteiger partial charge in [0, 0.05) is 21.3 Å². The molecule has 82 valence electrons. The molecule has 0 aliphatic heterocycles.